The van der Waals surface area contributed by atoms with Crippen LogP contribution in [0.5, 0.6) is 0 Å². The highest BCUT2D eigenvalue weighted by Gasteiger charge is 2.25. The number of halogens is 2. The van der Waals surface area contributed by atoms with E-state index in [1.165, 1.54) is 83.5 Å². The molecule has 1 saturated heterocycles. The van der Waals surface area contributed by atoms with E-state index in [-0.39, 0.29) is 36.9 Å². The Morgan fingerprint density at radius 3 is 2.22 bits per heavy atom. The summed E-state index contributed by atoms with van der Waals surface area (Å²) in [6.07, 6.45) is 28.6. The number of aromatic nitrogens is 4. The highest BCUT2D eigenvalue weighted by atomic mass is 35.5. The zero-order valence-corrected chi connectivity index (χ0v) is 41.3. The van der Waals surface area contributed by atoms with E-state index in [0.29, 0.717) is 75.8 Å². The van der Waals surface area contributed by atoms with Crippen LogP contribution in [0.1, 0.15) is 166 Å². The number of aromatic amines is 1. The van der Waals surface area contributed by atoms with Crippen molar-refractivity contribution in [2.45, 2.75) is 186 Å². The third-order valence-electron chi connectivity index (χ3n) is 12.4. The Hall–Kier alpha value is -3.39. The van der Waals surface area contributed by atoms with E-state index in [1.54, 1.807) is 12.5 Å². The maximum atomic E-state index is 13.2. The molecule has 366 valence electrons. The van der Waals surface area contributed by atoms with Gasteiger partial charge >= 0.3 is 5.97 Å². The van der Waals surface area contributed by atoms with Gasteiger partial charge in [0.2, 0.25) is 11.8 Å². The van der Waals surface area contributed by atoms with Crippen LogP contribution in [0.4, 0.5) is 5.69 Å². The first kappa shape index (κ1) is 54.2. The van der Waals surface area contributed by atoms with Gasteiger partial charge in [0.05, 0.1) is 35.8 Å². The molecular formula is C50H81Cl2N7O6. The number of amides is 2. The molecule has 3 atom stereocenters. The lowest BCUT2D eigenvalue weighted by atomic mass is 10.0. The predicted octanol–water partition coefficient (Wildman–Crippen LogP) is 10.2. The number of carbonyl (C=O) groups excluding carboxylic acids is 3. The molecule has 0 radical (unpaired) electrons. The molecule has 13 nitrogen and oxygen atoms in total. The number of hydrogen-bond donors (Lipinski definition) is 3. The normalized spacial score (nSPS) is 15.6. The fourth-order valence-corrected chi connectivity index (χ4v) is 8.94. The summed E-state index contributed by atoms with van der Waals surface area (Å²) >= 11 is 12.0. The van der Waals surface area contributed by atoms with Crippen LogP contribution in [0.25, 0.3) is 11.0 Å². The number of fused-ring (bicyclic) bond motifs is 1. The zero-order valence-electron chi connectivity index (χ0n) is 39.7. The molecule has 0 saturated carbocycles. The average molecular weight is 947 g/mol. The number of carbonyl (C=O) groups is 3. The van der Waals surface area contributed by atoms with Gasteiger partial charge in [0.25, 0.3) is 0 Å². The predicted molar refractivity (Wildman–Crippen MR) is 263 cm³/mol. The highest BCUT2D eigenvalue weighted by molar-refractivity contribution is 6.18. The molecule has 65 heavy (non-hydrogen) atoms. The fraction of sp³-hybridized carbons (Fsp3) is 0.740. The van der Waals surface area contributed by atoms with Crippen LogP contribution in [0.3, 0.4) is 0 Å². The monoisotopic (exact) mass is 946 g/mol. The summed E-state index contributed by atoms with van der Waals surface area (Å²) in [5, 5.41) is 5.93. The van der Waals surface area contributed by atoms with Crippen LogP contribution in [-0.4, -0.2) is 100 Å². The van der Waals surface area contributed by atoms with Crippen molar-refractivity contribution >= 4 is 57.7 Å². The van der Waals surface area contributed by atoms with Gasteiger partial charge in [0.1, 0.15) is 18.5 Å². The molecule has 0 aliphatic carbocycles. The van der Waals surface area contributed by atoms with Gasteiger partial charge in [-0.15, -0.1) is 23.2 Å². The molecule has 3 aromatic rings. The first-order valence-corrected chi connectivity index (χ1v) is 26.2. The Labute approximate surface area is 399 Å². The van der Waals surface area contributed by atoms with E-state index in [1.807, 2.05) is 7.05 Å². The van der Waals surface area contributed by atoms with Crippen molar-refractivity contribution in [2.75, 3.05) is 49.5 Å². The van der Waals surface area contributed by atoms with E-state index in [4.69, 9.17) is 42.4 Å². The second-order valence-electron chi connectivity index (χ2n) is 17.7. The van der Waals surface area contributed by atoms with Crippen LogP contribution in [0.2, 0.25) is 0 Å². The molecule has 15 heteroatoms. The number of benzene rings is 1. The van der Waals surface area contributed by atoms with Crippen molar-refractivity contribution in [3.8, 4) is 0 Å². The molecule has 0 spiro atoms. The minimum absolute atomic E-state index is 0.105. The highest BCUT2D eigenvalue weighted by Crippen LogP contribution is 2.24. The molecule has 3 N–H and O–H groups in total. The number of anilines is 1. The number of ether oxygens (including phenoxy) is 3. The number of nitrogens with one attached hydrogen (secondary N) is 3. The number of aryl methyl sites for hydroxylation is 2. The van der Waals surface area contributed by atoms with Crippen LogP contribution in [0.15, 0.2) is 30.7 Å². The number of unbranched alkanes of at least 4 members (excludes halogenated alkanes) is 15. The summed E-state index contributed by atoms with van der Waals surface area (Å²) in [7, 11) is 2.00. The lowest BCUT2D eigenvalue weighted by Crippen LogP contribution is -2.48. The maximum Gasteiger partial charge on any atom is 0.305 e. The number of rotatable bonds is 37. The third kappa shape index (κ3) is 21.9. The minimum Gasteiger partial charge on any atom is -0.463 e. The molecule has 1 fully saturated rings. The lowest BCUT2D eigenvalue weighted by molar-refractivity contribution is -0.205. The van der Waals surface area contributed by atoms with Gasteiger partial charge in [-0.3, -0.25) is 14.4 Å². The number of imidazole rings is 2. The van der Waals surface area contributed by atoms with Crippen molar-refractivity contribution in [1.29, 1.82) is 0 Å². The number of alkyl halides is 2. The number of H-pyrrole nitrogens is 1. The van der Waals surface area contributed by atoms with Crippen molar-refractivity contribution in [3.05, 3.63) is 42.2 Å². The standard InChI is InChI=1S/C50H81Cl2N7O6/c1-3-4-5-6-7-8-9-10-11-12-13-14-15-16-17-18-24-47(60)57-44(35-40-37-53-39-55-40)50(62)54-31-21-34-63-49-26-19-22-42(65-49)38-64-48(61)25-20-23-46-56-43-36-41(27-28-45(43)58(46)2)59(32-29-51)33-30-52/h27-28,36-37,39,42,44,49H,3-26,29-35,38H2,1-2H3,(H,53,55)(H,54,62)(H,57,60). The van der Waals surface area contributed by atoms with Gasteiger partial charge in [0, 0.05) is 76.0 Å². The molecule has 3 heterocycles. The Morgan fingerprint density at radius 2 is 1.57 bits per heavy atom. The quantitative estimate of drug-likeness (QED) is 0.0291. The number of hydrogen-bond acceptors (Lipinski definition) is 9. The molecule has 2 aromatic heterocycles. The molecule has 2 amide bonds. The smallest absolute Gasteiger partial charge is 0.305 e. The molecule has 1 aliphatic rings. The first-order chi connectivity index (χ1) is 31.8. The Morgan fingerprint density at radius 1 is 0.892 bits per heavy atom. The summed E-state index contributed by atoms with van der Waals surface area (Å²) in [6, 6.07) is 5.49. The van der Waals surface area contributed by atoms with Gasteiger partial charge in [-0.2, -0.15) is 0 Å². The molecule has 1 aliphatic heterocycles. The van der Waals surface area contributed by atoms with Crippen LogP contribution >= 0.6 is 23.2 Å². The van der Waals surface area contributed by atoms with Crippen LogP contribution in [0, 0.1) is 0 Å². The largest absolute Gasteiger partial charge is 0.463 e. The first-order valence-electron chi connectivity index (χ1n) is 25.1. The Kier molecular flexibility index (Phi) is 27.6. The zero-order chi connectivity index (χ0) is 46.3. The van der Waals surface area contributed by atoms with Gasteiger partial charge in [-0.25, -0.2) is 9.97 Å². The SMILES string of the molecule is CCCCCCCCCCCCCCCCCCC(=O)NC(Cc1c[nH]cn1)C(=O)NCCCOC1CCCC(COC(=O)CCCc2nc3cc(N(CCCl)CCCl)ccc3n2C)O1. The third-order valence-corrected chi connectivity index (χ3v) is 12.7. The fourth-order valence-electron chi connectivity index (χ4n) is 8.53. The van der Waals surface area contributed by atoms with E-state index >= 15 is 0 Å². The van der Waals surface area contributed by atoms with Crippen LogP contribution < -0.4 is 15.5 Å². The molecule has 1 aromatic carbocycles. The van der Waals surface area contributed by atoms with Gasteiger partial charge in [0.15, 0.2) is 6.29 Å². The molecular weight excluding hydrogens is 865 g/mol. The minimum atomic E-state index is -0.707. The maximum absolute atomic E-state index is 13.2. The summed E-state index contributed by atoms with van der Waals surface area (Å²) in [5.41, 5.74) is 3.69. The van der Waals surface area contributed by atoms with E-state index in [0.717, 1.165) is 61.1 Å². The lowest BCUT2D eigenvalue weighted by Gasteiger charge is -2.29. The summed E-state index contributed by atoms with van der Waals surface area (Å²) in [4.78, 5) is 53.0. The molecule has 3 unspecified atom stereocenters. The van der Waals surface area contributed by atoms with Crippen molar-refractivity contribution in [3.63, 3.8) is 0 Å². The summed E-state index contributed by atoms with van der Waals surface area (Å²) < 4.78 is 19.8. The number of nitrogens with zero attached hydrogens (tertiary/aromatic N) is 4. The Bertz CT molecular complexity index is 1740. The van der Waals surface area contributed by atoms with Crippen molar-refractivity contribution in [2.24, 2.45) is 7.05 Å². The average Bonchev–Trinajstić information content (AvgIpc) is 3.94. The van der Waals surface area contributed by atoms with E-state index in [2.05, 4.69) is 55.2 Å². The second-order valence-corrected chi connectivity index (χ2v) is 18.5. The van der Waals surface area contributed by atoms with Gasteiger partial charge in [-0.05, 0) is 56.7 Å². The Balaban J connectivity index is 1.04. The second kappa shape index (κ2) is 33.1. The van der Waals surface area contributed by atoms with Crippen LogP contribution in [-0.2, 0) is 48.5 Å². The summed E-state index contributed by atoms with van der Waals surface area (Å²) in [6.45, 7) is 4.67. The van der Waals surface area contributed by atoms with E-state index in [9.17, 15) is 14.4 Å². The van der Waals surface area contributed by atoms with Crippen molar-refractivity contribution in [1.82, 2.24) is 30.2 Å². The van der Waals surface area contributed by atoms with Gasteiger partial charge < -0.3 is 39.3 Å². The number of esters is 1. The molecule has 0 bridgehead atoms. The summed E-state index contributed by atoms with van der Waals surface area (Å²) in [5.74, 6) is 1.35. The van der Waals surface area contributed by atoms with Crippen molar-refractivity contribution < 1.29 is 28.6 Å². The topological polar surface area (TPSA) is 153 Å². The van der Waals surface area contributed by atoms with E-state index < -0.39 is 12.3 Å². The molecule has 4 rings (SSSR count). The van der Waals surface area contributed by atoms with Gasteiger partial charge in [-0.1, -0.05) is 103 Å².